The number of hydrogen-bond donors (Lipinski definition) is 2. The summed E-state index contributed by atoms with van der Waals surface area (Å²) in [6.45, 7) is 0. The molecule has 1 heterocycles. The number of ether oxygens (including phenoxy) is 1. The fourth-order valence-corrected chi connectivity index (χ4v) is 2.38. The number of methoxy groups -OCH3 is 1. The fourth-order valence-electron chi connectivity index (χ4n) is 2.38. The zero-order valence-electron chi connectivity index (χ0n) is 10.1. The molecule has 0 spiro atoms. The molecule has 0 unspecified atom stereocenters. The molecular formula is C14H18N2O. The van der Waals surface area contributed by atoms with E-state index in [9.17, 15) is 0 Å². The molecule has 3 heteroatoms. The summed E-state index contributed by atoms with van der Waals surface area (Å²) in [5, 5.41) is 1.16. The highest BCUT2D eigenvalue weighted by atomic mass is 16.5. The predicted molar refractivity (Wildman–Crippen MR) is 69.3 cm³/mol. The van der Waals surface area contributed by atoms with Gasteiger partial charge in [-0.25, -0.2) is 0 Å². The summed E-state index contributed by atoms with van der Waals surface area (Å²) in [7, 11) is 1.74. The second-order valence-electron chi connectivity index (χ2n) is 5.06. The quantitative estimate of drug-likeness (QED) is 0.848. The van der Waals surface area contributed by atoms with Crippen LogP contribution in [-0.2, 0) is 6.42 Å². The number of aryl methyl sites for hydroxylation is 1. The Morgan fingerprint density at radius 3 is 2.88 bits per heavy atom. The summed E-state index contributed by atoms with van der Waals surface area (Å²) >= 11 is 0. The van der Waals surface area contributed by atoms with E-state index in [0.717, 1.165) is 29.5 Å². The Kier molecular flexibility index (Phi) is 2.37. The first-order chi connectivity index (χ1) is 8.22. The minimum Gasteiger partial charge on any atom is -0.496 e. The van der Waals surface area contributed by atoms with Gasteiger partial charge < -0.3 is 15.5 Å². The van der Waals surface area contributed by atoms with Crippen LogP contribution in [0.2, 0.25) is 0 Å². The third-order valence-electron chi connectivity index (χ3n) is 3.76. The average Bonchev–Trinajstić information content (AvgIpc) is 2.90. The van der Waals surface area contributed by atoms with E-state index < -0.39 is 0 Å². The van der Waals surface area contributed by atoms with E-state index in [1.165, 1.54) is 18.4 Å². The molecule has 2 aromatic rings. The summed E-state index contributed by atoms with van der Waals surface area (Å²) in [5.41, 5.74) is 8.63. The van der Waals surface area contributed by atoms with Gasteiger partial charge in [0.2, 0.25) is 0 Å². The molecule has 1 aromatic heterocycles. The number of H-pyrrole nitrogens is 1. The highest BCUT2D eigenvalue weighted by Crippen LogP contribution is 2.38. The predicted octanol–water partition coefficient (Wildman–Crippen LogP) is 2.60. The zero-order valence-corrected chi connectivity index (χ0v) is 10.1. The molecule has 3 N–H and O–H groups in total. The standard InChI is InChI=1S/C14H18N2O/c1-17-13-10(4-6-14(15)7-8-14)2-3-12-11(13)5-9-16-12/h2-3,5,9,16H,4,6-8,15H2,1H3. The number of rotatable bonds is 4. The van der Waals surface area contributed by atoms with Gasteiger partial charge in [0.15, 0.2) is 0 Å². The van der Waals surface area contributed by atoms with Crippen molar-refractivity contribution in [2.75, 3.05) is 7.11 Å². The zero-order chi connectivity index (χ0) is 11.9. The highest BCUT2D eigenvalue weighted by molar-refractivity contribution is 5.87. The van der Waals surface area contributed by atoms with Crippen LogP contribution < -0.4 is 10.5 Å². The van der Waals surface area contributed by atoms with Crippen LogP contribution in [0.25, 0.3) is 10.9 Å². The maximum Gasteiger partial charge on any atom is 0.131 e. The molecule has 0 radical (unpaired) electrons. The van der Waals surface area contributed by atoms with Gasteiger partial charge in [0.25, 0.3) is 0 Å². The van der Waals surface area contributed by atoms with Crippen LogP contribution in [0.1, 0.15) is 24.8 Å². The van der Waals surface area contributed by atoms with Crippen molar-refractivity contribution in [2.24, 2.45) is 5.73 Å². The van der Waals surface area contributed by atoms with E-state index in [1.807, 2.05) is 6.20 Å². The molecule has 17 heavy (non-hydrogen) atoms. The molecule has 0 saturated heterocycles. The molecule has 1 aliphatic carbocycles. The molecule has 0 amide bonds. The minimum atomic E-state index is 0.109. The average molecular weight is 230 g/mol. The summed E-state index contributed by atoms with van der Waals surface area (Å²) < 4.78 is 5.54. The van der Waals surface area contributed by atoms with Crippen molar-refractivity contribution in [1.29, 1.82) is 0 Å². The van der Waals surface area contributed by atoms with E-state index in [-0.39, 0.29) is 5.54 Å². The third-order valence-corrected chi connectivity index (χ3v) is 3.76. The van der Waals surface area contributed by atoms with Crippen molar-refractivity contribution in [3.05, 3.63) is 30.0 Å². The number of benzene rings is 1. The van der Waals surface area contributed by atoms with Gasteiger partial charge in [-0.1, -0.05) is 6.07 Å². The maximum atomic E-state index is 6.13. The van der Waals surface area contributed by atoms with Crippen LogP contribution in [-0.4, -0.2) is 17.6 Å². The van der Waals surface area contributed by atoms with E-state index in [4.69, 9.17) is 10.5 Å². The molecule has 3 nitrogen and oxygen atoms in total. The monoisotopic (exact) mass is 230 g/mol. The Morgan fingerprint density at radius 1 is 1.35 bits per heavy atom. The van der Waals surface area contributed by atoms with Crippen LogP contribution in [0, 0.1) is 0 Å². The topological polar surface area (TPSA) is 51.0 Å². The first kappa shape index (κ1) is 10.7. The summed E-state index contributed by atoms with van der Waals surface area (Å²) in [4.78, 5) is 3.20. The van der Waals surface area contributed by atoms with E-state index in [0.29, 0.717) is 0 Å². The molecular weight excluding hydrogens is 212 g/mol. The van der Waals surface area contributed by atoms with Crippen LogP contribution in [0.15, 0.2) is 24.4 Å². The van der Waals surface area contributed by atoms with Crippen molar-refractivity contribution in [2.45, 2.75) is 31.2 Å². The summed E-state index contributed by atoms with van der Waals surface area (Å²) in [5.74, 6) is 0.994. The number of nitrogens with two attached hydrogens (primary N) is 1. The Balaban J connectivity index is 1.91. The third kappa shape index (κ3) is 1.91. The number of fused-ring (bicyclic) bond motifs is 1. The normalized spacial score (nSPS) is 17.3. The van der Waals surface area contributed by atoms with Gasteiger partial charge in [-0.2, -0.15) is 0 Å². The fraction of sp³-hybridized carbons (Fsp3) is 0.429. The Morgan fingerprint density at radius 2 is 2.18 bits per heavy atom. The van der Waals surface area contributed by atoms with Gasteiger partial charge in [-0.05, 0) is 43.4 Å². The first-order valence-electron chi connectivity index (χ1n) is 6.14. The van der Waals surface area contributed by atoms with Gasteiger partial charge in [0.05, 0.1) is 7.11 Å². The van der Waals surface area contributed by atoms with Crippen molar-refractivity contribution in [3.63, 3.8) is 0 Å². The van der Waals surface area contributed by atoms with Gasteiger partial charge in [0.1, 0.15) is 5.75 Å². The second kappa shape index (κ2) is 3.77. The lowest BCUT2D eigenvalue weighted by Gasteiger charge is -2.12. The molecule has 0 atom stereocenters. The molecule has 90 valence electrons. The van der Waals surface area contributed by atoms with Crippen molar-refractivity contribution >= 4 is 10.9 Å². The molecule has 1 aromatic carbocycles. The Labute approximate surface area is 101 Å². The Bertz CT molecular complexity index is 540. The number of nitrogens with one attached hydrogen (secondary N) is 1. The largest absolute Gasteiger partial charge is 0.496 e. The van der Waals surface area contributed by atoms with Crippen molar-refractivity contribution in [1.82, 2.24) is 4.98 Å². The van der Waals surface area contributed by atoms with E-state index in [2.05, 4.69) is 23.2 Å². The van der Waals surface area contributed by atoms with Crippen molar-refractivity contribution in [3.8, 4) is 5.75 Å². The van der Waals surface area contributed by atoms with Crippen LogP contribution in [0.4, 0.5) is 0 Å². The van der Waals surface area contributed by atoms with Gasteiger partial charge in [-0.15, -0.1) is 0 Å². The van der Waals surface area contributed by atoms with Crippen LogP contribution in [0.5, 0.6) is 5.75 Å². The molecule has 1 saturated carbocycles. The SMILES string of the molecule is COc1c(CCC2(N)CC2)ccc2[nH]ccc12. The molecule has 1 aliphatic rings. The van der Waals surface area contributed by atoms with Crippen LogP contribution in [0.3, 0.4) is 0 Å². The molecule has 0 aliphatic heterocycles. The minimum absolute atomic E-state index is 0.109. The lowest BCUT2D eigenvalue weighted by atomic mass is 10.0. The lowest BCUT2D eigenvalue weighted by molar-refractivity contribution is 0.413. The van der Waals surface area contributed by atoms with E-state index in [1.54, 1.807) is 7.11 Å². The number of hydrogen-bond acceptors (Lipinski definition) is 2. The molecule has 3 rings (SSSR count). The number of aromatic amines is 1. The highest BCUT2D eigenvalue weighted by Gasteiger charge is 2.37. The smallest absolute Gasteiger partial charge is 0.131 e. The van der Waals surface area contributed by atoms with Gasteiger partial charge >= 0.3 is 0 Å². The van der Waals surface area contributed by atoms with Crippen LogP contribution >= 0.6 is 0 Å². The van der Waals surface area contributed by atoms with Gasteiger partial charge in [0, 0.05) is 22.6 Å². The van der Waals surface area contributed by atoms with Crippen molar-refractivity contribution < 1.29 is 4.74 Å². The second-order valence-corrected chi connectivity index (χ2v) is 5.06. The molecule has 0 bridgehead atoms. The summed E-state index contributed by atoms with van der Waals surface area (Å²) in [6, 6.07) is 6.32. The van der Waals surface area contributed by atoms with E-state index >= 15 is 0 Å². The maximum absolute atomic E-state index is 6.13. The summed E-state index contributed by atoms with van der Waals surface area (Å²) in [6.07, 6.45) is 6.34. The Hall–Kier alpha value is -1.48. The first-order valence-corrected chi connectivity index (χ1v) is 6.14. The van der Waals surface area contributed by atoms with Gasteiger partial charge in [-0.3, -0.25) is 0 Å². The lowest BCUT2D eigenvalue weighted by Crippen LogP contribution is -2.22. The number of aromatic nitrogens is 1. The molecule has 1 fully saturated rings.